The van der Waals surface area contributed by atoms with Gasteiger partial charge in [0.1, 0.15) is 21.1 Å². The number of carbonyl (C=O) groups is 3. The molecule has 0 saturated heterocycles. The van der Waals surface area contributed by atoms with Crippen molar-refractivity contribution in [1.29, 1.82) is 0 Å². The number of hydrogen-bond acceptors (Lipinski definition) is 12. The Kier molecular flexibility index (Phi) is 8.24. The van der Waals surface area contributed by atoms with Gasteiger partial charge in [0.05, 0.1) is 47.4 Å². The van der Waals surface area contributed by atoms with Crippen molar-refractivity contribution in [3.05, 3.63) is 62.1 Å². The summed E-state index contributed by atoms with van der Waals surface area (Å²) in [4.78, 5) is 45.8. The van der Waals surface area contributed by atoms with E-state index in [1.807, 2.05) is 38.1 Å². The summed E-state index contributed by atoms with van der Waals surface area (Å²) in [5.74, 6) is -0.896. The number of aromatic nitrogens is 1. The molecule has 5 rings (SSSR count). The number of amides is 1. The molecule has 2 aromatic carbocycles. The number of ether oxygens (including phenoxy) is 3. The molecule has 9 nitrogen and oxygen atoms in total. The number of oxazole rings is 1. The van der Waals surface area contributed by atoms with Gasteiger partial charge in [-0.2, -0.15) is 0 Å². The average Bonchev–Trinajstić information content (AvgIpc) is 3.60. The second-order valence-electron chi connectivity index (χ2n) is 9.24. The molecule has 0 N–H and O–H groups in total. The van der Waals surface area contributed by atoms with Crippen molar-refractivity contribution in [3.63, 3.8) is 0 Å². The summed E-state index contributed by atoms with van der Waals surface area (Å²) in [5, 5.41) is 0.394. The van der Waals surface area contributed by atoms with Gasteiger partial charge >= 0.3 is 11.9 Å². The third kappa shape index (κ3) is 5.27. The van der Waals surface area contributed by atoms with Crippen LogP contribution in [-0.2, 0) is 23.9 Å². The largest absolute Gasteiger partial charge is 0.497 e. The standard InChI is InChI=1S/C28H24N2O7S4/c1-28(2)23(38)20(26-40-21(24(32)35-4)22(41-26)25(33)36-5)15-12-14(34-3)10-11-17(15)30(28)19(31)13-39-27-29-16-8-6-7-9-18(16)37-27/h6-12H,13H2,1-5H3. The smallest absolute Gasteiger partial charge is 0.346 e. The molecule has 0 unspecified atom stereocenters. The first-order chi connectivity index (χ1) is 19.6. The first-order valence-electron chi connectivity index (χ1n) is 12.2. The highest BCUT2D eigenvalue weighted by Gasteiger charge is 2.46. The molecule has 3 aromatic rings. The summed E-state index contributed by atoms with van der Waals surface area (Å²) >= 11 is 9.42. The van der Waals surface area contributed by atoms with Crippen LogP contribution in [0.4, 0.5) is 5.69 Å². The number of methoxy groups -OCH3 is 3. The minimum atomic E-state index is -0.946. The van der Waals surface area contributed by atoms with Crippen molar-refractivity contribution in [3.8, 4) is 5.75 Å². The van der Waals surface area contributed by atoms with E-state index in [1.54, 1.807) is 30.2 Å². The number of thioether (sulfide) groups is 3. The van der Waals surface area contributed by atoms with Crippen molar-refractivity contribution < 1.29 is 33.0 Å². The molecule has 212 valence electrons. The summed E-state index contributed by atoms with van der Waals surface area (Å²) in [6.45, 7) is 3.73. The molecule has 0 bridgehead atoms. The van der Waals surface area contributed by atoms with Crippen LogP contribution >= 0.6 is 47.5 Å². The topological polar surface area (TPSA) is 108 Å². The summed E-state index contributed by atoms with van der Waals surface area (Å²) < 4.78 is 21.7. The van der Waals surface area contributed by atoms with Crippen LogP contribution in [0, 0.1) is 0 Å². The number of hydrogen-bond donors (Lipinski definition) is 0. The van der Waals surface area contributed by atoms with Crippen molar-refractivity contribution in [2.75, 3.05) is 32.0 Å². The Bertz CT molecular complexity index is 1610. The molecule has 0 saturated carbocycles. The second kappa shape index (κ2) is 11.6. The highest BCUT2D eigenvalue weighted by Crippen LogP contribution is 2.56. The lowest BCUT2D eigenvalue weighted by molar-refractivity contribution is -0.138. The van der Waals surface area contributed by atoms with Crippen LogP contribution in [0.15, 0.2) is 66.2 Å². The molecule has 41 heavy (non-hydrogen) atoms. The van der Waals surface area contributed by atoms with E-state index in [1.165, 1.54) is 26.0 Å². The number of esters is 2. The molecule has 0 radical (unpaired) electrons. The van der Waals surface area contributed by atoms with Gasteiger partial charge in [-0.25, -0.2) is 14.6 Å². The molecule has 3 heterocycles. The van der Waals surface area contributed by atoms with Crippen LogP contribution in [0.2, 0.25) is 0 Å². The van der Waals surface area contributed by atoms with Crippen LogP contribution in [0.5, 0.6) is 5.75 Å². The molecule has 1 aromatic heterocycles. The Balaban J connectivity index is 1.55. The lowest BCUT2D eigenvalue weighted by Crippen LogP contribution is -2.56. The van der Waals surface area contributed by atoms with Crippen LogP contribution in [-0.4, -0.2) is 60.3 Å². The fourth-order valence-electron chi connectivity index (χ4n) is 4.47. The van der Waals surface area contributed by atoms with Crippen molar-refractivity contribution in [2.24, 2.45) is 0 Å². The van der Waals surface area contributed by atoms with Crippen molar-refractivity contribution in [1.82, 2.24) is 4.98 Å². The average molecular weight is 629 g/mol. The lowest BCUT2D eigenvalue weighted by atomic mass is 9.83. The molecule has 1 amide bonds. The zero-order chi connectivity index (χ0) is 29.5. The molecular formula is C28H24N2O7S4. The summed E-state index contributed by atoms with van der Waals surface area (Å²) in [6.07, 6.45) is 0. The molecular weight excluding hydrogens is 605 g/mol. The molecule has 0 fully saturated rings. The minimum absolute atomic E-state index is 0.0558. The quantitative estimate of drug-likeness (QED) is 0.142. The van der Waals surface area contributed by atoms with Crippen LogP contribution < -0.4 is 9.64 Å². The fourth-order valence-corrected chi connectivity index (χ4v) is 8.19. The highest BCUT2D eigenvalue weighted by molar-refractivity contribution is 8.29. The highest BCUT2D eigenvalue weighted by atomic mass is 32.2. The predicted molar refractivity (Wildman–Crippen MR) is 165 cm³/mol. The number of thiocarbonyl (C=S) groups is 1. The maximum absolute atomic E-state index is 13.8. The zero-order valence-corrected chi connectivity index (χ0v) is 25.9. The van der Waals surface area contributed by atoms with Crippen LogP contribution in [0.25, 0.3) is 16.7 Å². The Hall–Kier alpha value is -3.26. The third-order valence-corrected chi connectivity index (χ3v) is 10.5. The Morgan fingerprint density at radius 1 is 1.02 bits per heavy atom. The maximum atomic E-state index is 13.8. The predicted octanol–water partition coefficient (Wildman–Crippen LogP) is 5.83. The molecule has 2 aliphatic rings. The van der Waals surface area contributed by atoms with Gasteiger partial charge in [-0.15, -0.1) is 0 Å². The molecule has 0 spiro atoms. The normalized spacial score (nSPS) is 16.2. The van der Waals surface area contributed by atoms with E-state index < -0.39 is 17.5 Å². The van der Waals surface area contributed by atoms with E-state index in [0.29, 0.717) is 48.0 Å². The number of nitrogens with zero attached hydrogens (tertiary/aromatic N) is 2. The van der Waals surface area contributed by atoms with Crippen LogP contribution in [0.3, 0.4) is 0 Å². The number of anilines is 1. The first kappa shape index (κ1) is 29.2. The van der Waals surface area contributed by atoms with Gasteiger partial charge in [0.15, 0.2) is 5.58 Å². The summed E-state index contributed by atoms with van der Waals surface area (Å²) in [7, 11) is 4.04. The van der Waals surface area contributed by atoms with Gasteiger partial charge in [-0.3, -0.25) is 4.79 Å². The number of fused-ring (bicyclic) bond motifs is 2. The van der Waals surface area contributed by atoms with E-state index in [9.17, 15) is 14.4 Å². The SMILES string of the molecule is COC(=O)C1=C(C(=O)OC)SC(=C2C(=S)C(C)(C)N(C(=O)CSc3nc4ccccc4o3)c3ccc(OC)cc32)S1. The second-order valence-corrected chi connectivity index (χ2v) is 12.9. The number of para-hydroxylation sites is 2. The van der Waals surface area contributed by atoms with Crippen molar-refractivity contribution >= 4 is 92.6 Å². The van der Waals surface area contributed by atoms with Gasteiger partial charge in [0, 0.05) is 11.1 Å². The van der Waals surface area contributed by atoms with E-state index in [4.69, 9.17) is 30.8 Å². The number of benzene rings is 2. The van der Waals surface area contributed by atoms with Gasteiger partial charge < -0.3 is 23.5 Å². The van der Waals surface area contributed by atoms with Gasteiger partial charge in [-0.1, -0.05) is 59.6 Å². The van der Waals surface area contributed by atoms with Crippen LogP contribution in [0.1, 0.15) is 19.4 Å². The Morgan fingerprint density at radius 2 is 1.68 bits per heavy atom. The zero-order valence-electron chi connectivity index (χ0n) is 22.6. The van der Waals surface area contributed by atoms with Crippen molar-refractivity contribution in [2.45, 2.75) is 24.6 Å². The van der Waals surface area contributed by atoms with E-state index in [2.05, 4.69) is 4.98 Å². The molecule has 0 atom stereocenters. The fraction of sp³-hybridized carbons (Fsp3) is 0.250. The number of rotatable bonds is 6. The van der Waals surface area contributed by atoms with E-state index in [0.717, 1.165) is 23.5 Å². The third-order valence-electron chi connectivity index (χ3n) is 6.44. The maximum Gasteiger partial charge on any atom is 0.346 e. The van der Waals surface area contributed by atoms with E-state index in [-0.39, 0.29) is 21.5 Å². The molecule has 13 heteroatoms. The van der Waals surface area contributed by atoms with E-state index >= 15 is 0 Å². The van der Waals surface area contributed by atoms with Gasteiger partial charge in [0.2, 0.25) is 5.91 Å². The summed E-state index contributed by atoms with van der Waals surface area (Å²) in [6, 6.07) is 12.8. The Labute approximate surface area is 254 Å². The monoisotopic (exact) mass is 628 g/mol. The lowest BCUT2D eigenvalue weighted by Gasteiger charge is -2.45. The minimum Gasteiger partial charge on any atom is -0.497 e. The molecule has 0 aliphatic carbocycles. The number of carbonyl (C=O) groups excluding carboxylic acids is 3. The molecule has 2 aliphatic heterocycles. The van der Waals surface area contributed by atoms with Gasteiger partial charge in [0.25, 0.3) is 5.22 Å². The summed E-state index contributed by atoms with van der Waals surface area (Å²) in [5.41, 5.74) is 2.30. The Morgan fingerprint density at radius 3 is 2.29 bits per heavy atom. The first-order valence-corrected chi connectivity index (χ1v) is 15.2. The van der Waals surface area contributed by atoms with Gasteiger partial charge in [-0.05, 0) is 44.2 Å².